The van der Waals surface area contributed by atoms with Crippen LogP contribution in [0, 0.1) is 9.49 Å². The number of nitrogens with zero attached hydrogens (tertiary/aromatic N) is 1. The number of aliphatic hydroxyl groups is 1. The van der Waals surface area contributed by atoms with Crippen molar-refractivity contribution in [3.05, 3.63) is 33.4 Å². The predicted octanol–water partition coefficient (Wildman–Crippen LogP) is 2.13. The van der Waals surface area contributed by atoms with Crippen LogP contribution in [0.4, 0.5) is 0 Å². The van der Waals surface area contributed by atoms with Crippen LogP contribution in [0.15, 0.2) is 24.3 Å². The summed E-state index contributed by atoms with van der Waals surface area (Å²) in [7, 11) is 0. The molecule has 17 heavy (non-hydrogen) atoms. The van der Waals surface area contributed by atoms with Crippen molar-refractivity contribution in [2.24, 2.45) is 5.92 Å². The fourth-order valence-corrected chi connectivity index (χ4v) is 2.50. The van der Waals surface area contributed by atoms with Gasteiger partial charge in [0.15, 0.2) is 0 Å². The number of likely N-dealkylation sites (tertiary alicyclic amines) is 1. The molecule has 2 rings (SSSR count). The highest BCUT2D eigenvalue weighted by Crippen LogP contribution is 2.21. The molecule has 92 valence electrons. The molecule has 0 bridgehead atoms. The maximum absolute atomic E-state index is 12.2. The monoisotopic (exact) mass is 345 g/mol. The van der Waals surface area contributed by atoms with E-state index in [1.807, 2.05) is 29.2 Å². The zero-order chi connectivity index (χ0) is 12.4. The minimum absolute atomic E-state index is 0.0737. The van der Waals surface area contributed by atoms with Gasteiger partial charge < -0.3 is 10.0 Å². The Balaban J connectivity index is 2.04. The molecule has 1 saturated heterocycles. The SMILES string of the molecule is CC(O)C1CCN(C(=O)c2ccc(I)cc2)C1. The molecule has 0 saturated carbocycles. The summed E-state index contributed by atoms with van der Waals surface area (Å²) in [6.45, 7) is 3.21. The van der Waals surface area contributed by atoms with E-state index in [0.717, 1.165) is 22.1 Å². The van der Waals surface area contributed by atoms with E-state index < -0.39 is 0 Å². The van der Waals surface area contributed by atoms with E-state index in [9.17, 15) is 9.90 Å². The van der Waals surface area contributed by atoms with Crippen LogP contribution in [0.2, 0.25) is 0 Å². The molecule has 0 aromatic heterocycles. The molecular formula is C13H16INO2. The highest BCUT2D eigenvalue weighted by atomic mass is 127. The van der Waals surface area contributed by atoms with Crippen molar-refractivity contribution in [3.8, 4) is 0 Å². The molecule has 1 aromatic carbocycles. The second-order valence-electron chi connectivity index (χ2n) is 4.55. The summed E-state index contributed by atoms with van der Waals surface area (Å²) in [5, 5.41) is 9.52. The van der Waals surface area contributed by atoms with Gasteiger partial charge in [0.2, 0.25) is 0 Å². The molecule has 2 atom stereocenters. The van der Waals surface area contributed by atoms with E-state index in [1.165, 1.54) is 0 Å². The lowest BCUT2D eigenvalue weighted by molar-refractivity contribution is 0.0762. The third kappa shape index (κ3) is 2.98. The van der Waals surface area contributed by atoms with Gasteiger partial charge >= 0.3 is 0 Å². The van der Waals surface area contributed by atoms with Crippen LogP contribution in [-0.2, 0) is 0 Å². The molecule has 1 aromatic rings. The maximum atomic E-state index is 12.2. The number of hydrogen-bond donors (Lipinski definition) is 1. The first-order chi connectivity index (χ1) is 8.08. The van der Waals surface area contributed by atoms with Crippen molar-refractivity contribution in [3.63, 3.8) is 0 Å². The number of halogens is 1. The van der Waals surface area contributed by atoms with E-state index in [2.05, 4.69) is 22.6 Å². The van der Waals surface area contributed by atoms with Gasteiger partial charge in [0, 0.05) is 28.1 Å². The van der Waals surface area contributed by atoms with Crippen molar-refractivity contribution < 1.29 is 9.90 Å². The van der Waals surface area contributed by atoms with Crippen LogP contribution in [-0.4, -0.2) is 35.1 Å². The number of aliphatic hydroxyl groups excluding tert-OH is 1. The first kappa shape index (κ1) is 12.8. The van der Waals surface area contributed by atoms with E-state index in [0.29, 0.717) is 6.54 Å². The maximum Gasteiger partial charge on any atom is 0.253 e. The first-order valence-corrected chi connectivity index (χ1v) is 6.88. The van der Waals surface area contributed by atoms with Crippen LogP contribution in [0.1, 0.15) is 23.7 Å². The number of rotatable bonds is 2. The van der Waals surface area contributed by atoms with Gasteiger partial charge in [-0.3, -0.25) is 4.79 Å². The average molecular weight is 345 g/mol. The summed E-state index contributed by atoms with van der Waals surface area (Å²) < 4.78 is 1.13. The Kier molecular flexibility index (Phi) is 4.04. The van der Waals surface area contributed by atoms with Crippen molar-refractivity contribution in [2.75, 3.05) is 13.1 Å². The summed E-state index contributed by atoms with van der Waals surface area (Å²) >= 11 is 2.22. The molecule has 1 aliphatic rings. The summed E-state index contributed by atoms with van der Waals surface area (Å²) in [6.07, 6.45) is 0.567. The average Bonchev–Trinajstić information content (AvgIpc) is 2.78. The molecule has 1 amide bonds. The van der Waals surface area contributed by atoms with E-state index in [4.69, 9.17) is 0 Å². The predicted molar refractivity (Wildman–Crippen MR) is 74.9 cm³/mol. The zero-order valence-corrected chi connectivity index (χ0v) is 11.9. The summed E-state index contributed by atoms with van der Waals surface area (Å²) in [6, 6.07) is 7.60. The number of carbonyl (C=O) groups is 1. The van der Waals surface area contributed by atoms with Gasteiger partial charge in [-0.1, -0.05) is 0 Å². The highest BCUT2D eigenvalue weighted by molar-refractivity contribution is 14.1. The van der Waals surface area contributed by atoms with Crippen molar-refractivity contribution in [1.29, 1.82) is 0 Å². The van der Waals surface area contributed by atoms with E-state index in [-0.39, 0.29) is 17.9 Å². The lowest BCUT2D eigenvalue weighted by atomic mass is 10.0. The quantitative estimate of drug-likeness (QED) is 0.835. The Morgan fingerprint density at radius 1 is 1.47 bits per heavy atom. The lowest BCUT2D eigenvalue weighted by Crippen LogP contribution is -2.30. The normalized spacial score (nSPS) is 21.6. The molecular weight excluding hydrogens is 329 g/mol. The third-order valence-corrected chi connectivity index (χ3v) is 4.00. The second-order valence-corrected chi connectivity index (χ2v) is 5.79. The van der Waals surface area contributed by atoms with Gasteiger partial charge in [0.25, 0.3) is 5.91 Å². The lowest BCUT2D eigenvalue weighted by Gasteiger charge is -2.17. The molecule has 2 unspecified atom stereocenters. The summed E-state index contributed by atoms with van der Waals surface area (Å²) in [4.78, 5) is 14.0. The molecule has 1 aliphatic heterocycles. The summed E-state index contributed by atoms with van der Waals surface area (Å²) in [5.74, 6) is 0.298. The minimum atomic E-state index is -0.329. The van der Waals surface area contributed by atoms with Gasteiger partial charge in [-0.05, 0) is 60.2 Å². The molecule has 1 fully saturated rings. The van der Waals surface area contributed by atoms with Crippen molar-refractivity contribution in [1.82, 2.24) is 4.90 Å². The number of amides is 1. The summed E-state index contributed by atoms with van der Waals surface area (Å²) in [5.41, 5.74) is 0.733. The zero-order valence-electron chi connectivity index (χ0n) is 9.77. The van der Waals surface area contributed by atoms with Crippen LogP contribution in [0.25, 0.3) is 0 Å². The van der Waals surface area contributed by atoms with Crippen molar-refractivity contribution in [2.45, 2.75) is 19.4 Å². The molecule has 1 heterocycles. The Hall–Kier alpha value is -0.620. The van der Waals surface area contributed by atoms with Gasteiger partial charge in [-0.2, -0.15) is 0 Å². The Morgan fingerprint density at radius 3 is 2.65 bits per heavy atom. The van der Waals surface area contributed by atoms with Crippen LogP contribution in [0.3, 0.4) is 0 Å². The van der Waals surface area contributed by atoms with Crippen LogP contribution in [0.5, 0.6) is 0 Å². The van der Waals surface area contributed by atoms with Gasteiger partial charge in [-0.15, -0.1) is 0 Å². The van der Waals surface area contributed by atoms with Gasteiger partial charge in [0.05, 0.1) is 6.10 Å². The molecule has 0 spiro atoms. The number of hydrogen-bond acceptors (Lipinski definition) is 2. The van der Waals surface area contributed by atoms with Crippen molar-refractivity contribution >= 4 is 28.5 Å². The minimum Gasteiger partial charge on any atom is -0.393 e. The standard InChI is InChI=1S/C13H16INO2/c1-9(16)11-6-7-15(8-11)13(17)10-2-4-12(14)5-3-10/h2-5,9,11,16H,6-8H2,1H3. The van der Waals surface area contributed by atoms with Crippen LogP contribution < -0.4 is 0 Å². The Bertz CT molecular complexity index is 402. The molecule has 0 aliphatic carbocycles. The number of benzene rings is 1. The highest BCUT2D eigenvalue weighted by Gasteiger charge is 2.29. The Morgan fingerprint density at radius 2 is 2.12 bits per heavy atom. The molecule has 1 N–H and O–H groups in total. The fourth-order valence-electron chi connectivity index (χ4n) is 2.14. The van der Waals surface area contributed by atoms with E-state index >= 15 is 0 Å². The second kappa shape index (κ2) is 5.35. The largest absolute Gasteiger partial charge is 0.393 e. The fraction of sp³-hybridized carbons (Fsp3) is 0.462. The molecule has 4 heteroatoms. The molecule has 3 nitrogen and oxygen atoms in total. The smallest absolute Gasteiger partial charge is 0.253 e. The van der Waals surface area contributed by atoms with Crippen LogP contribution >= 0.6 is 22.6 Å². The topological polar surface area (TPSA) is 40.5 Å². The third-order valence-electron chi connectivity index (χ3n) is 3.29. The molecule has 0 radical (unpaired) electrons. The Labute approximate surface area is 115 Å². The number of carbonyl (C=O) groups excluding carboxylic acids is 1. The van der Waals surface area contributed by atoms with E-state index in [1.54, 1.807) is 6.92 Å². The van der Waals surface area contributed by atoms with Gasteiger partial charge in [-0.25, -0.2) is 0 Å². The van der Waals surface area contributed by atoms with Gasteiger partial charge in [0.1, 0.15) is 0 Å². The first-order valence-electron chi connectivity index (χ1n) is 5.81.